The highest BCUT2D eigenvalue weighted by Gasteiger charge is 2.36. The Labute approximate surface area is 221 Å². The van der Waals surface area contributed by atoms with Crippen molar-refractivity contribution in [2.45, 2.75) is 6.92 Å². The van der Waals surface area contributed by atoms with Crippen LogP contribution in [0.15, 0.2) is 45.8 Å². The van der Waals surface area contributed by atoms with Gasteiger partial charge in [0.15, 0.2) is 11.5 Å². The van der Waals surface area contributed by atoms with Crippen molar-refractivity contribution < 1.29 is 28.6 Å². The predicted octanol–water partition coefficient (Wildman–Crippen LogP) is 4.37. The Kier molecular flexibility index (Phi) is 8.55. The molecule has 9 nitrogen and oxygen atoms in total. The van der Waals surface area contributed by atoms with E-state index in [1.54, 1.807) is 24.3 Å². The summed E-state index contributed by atoms with van der Waals surface area (Å²) in [5.74, 6) is 0.0737. The summed E-state index contributed by atoms with van der Waals surface area (Å²) in [6, 6.07) is 10.9. The monoisotopic (exact) mass is 575 g/mol. The Bertz CT molecular complexity index is 1200. The van der Waals surface area contributed by atoms with Gasteiger partial charge in [-0.1, -0.05) is 12.1 Å². The van der Waals surface area contributed by atoms with Crippen molar-refractivity contribution in [2.75, 3.05) is 56.8 Å². The summed E-state index contributed by atoms with van der Waals surface area (Å²) >= 11 is 4.25. The number of rotatable bonds is 8. The molecule has 0 radical (unpaired) electrons. The number of amides is 3. The molecule has 0 spiro atoms. The summed E-state index contributed by atoms with van der Waals surface area (Å²) in [5.41, 5.74) is 2.15. The molecule has 11 heteroatoms. The maximum atomic E-state index is 13.0. The second-order valence-electron chi connectivity index (χ2n) is 7.90. The van der Waals surface area contributed by atoms with Gasteiger partial charge in [-0.3, -0.25) is 19.3 Å². The predicted molar refractivity (Wildman–Crippen MR) is 143 cm³/mol. The van der Waals surface area contributed by atoms with E-state index in [1.165, 1.54) is 7.11 Å². The van der Waals surface area contributed by atoms with Crippen LogP contribution in [0.1, 0.15) is 12.5 Å². The highest BCUT2D eigenvalue weighted by molar-refractivity contribution is 9.10. The molecule has 0 unspecified atom stereocenters. The summed E-state index contributed by atoms with van der Waals surface area (Å²) in [7, 11) is 1.53. The molecule has 3 amide bonds. The summed E-state index contributed by atoms with van der Waals surface area (Å²) in [4.78, 5) is 41.7. The number of imide groups is 1. The number of benzene rings is 2. The highest BCUT2D eigenvalue weighted by atomic mass is 79.9. The van der Waals surface area contributed by atoms with Crippen molar-refractivity contribution in [2.24, 2.45) is 0 Å². The van der Waals surface area contributed by atoms with Gasteiger partial charge in [0, 0.05) is 13.1 Å². The number of halogens is 1. The fourth-order valence-corrected chi connectivity index (χ4v) is 5.30. The summed E-state index contributed by atoms with van der Waals surface area (Å²) < 4.78 is 17.1. The molecular weight excluding hydrogens is 550 g/mol. The van der Waals surface area contributed by atoms with Crippen molar-refractivity contribution in [1.82, 2.24) is 4.90 Å². The van der Waals surface area contributed by atoms with Crippen molar-refractivity contribution in [3.63, 3.8) is 0 Å². The fourth-order valence-electron chi connectivity index (χ4n) is 3.89. The smallest absolute Gasteiger partial charge is 0.294 e. The van der Waals surface area contributed by atoms with Crippen molar-refractivity contribution in [3.8, 4) is 11.5 Å². The summed E-state index contributed by atoms with van der Waals surface area (Å²) in [6.07, 6.45) is 1.60. The zero-order chi connectivity index (χ0) is 25.7. The van der Waals surface area contributed by atoms with Crippen LogP contribution in [-0.4, -0.2) is 68.5 Å². The van der Waals surface area contributed by atoms with Crippen LogP contribution in [0.4, 0.5) is 16.2 Å². The lowest BCUT2D eigenvalue weighted by atomic mass is 10.2. The molecule has 2 aliphatic heterocycles. The maximum absolute atomic E-state index is 13.0. The Hall–Kier alpha value is -3.02. The minimum atomic E-state index is -0.523. The molecule has 2 aliphatic rings. The van der Waals surface area contributed by atoms with Crippen LogP contribution in [0, 0.1) is 0 Å². The average molecular weight is 576 g/mol. The Morgan fingerprint density at radius 3 is 2.69 bits per heavy atom. The lowest BCUT2D eigenvalue weighted by Gasteiger charge is -2.30. The van der Waals surface area contributed by atoms with Crippen LogP contribution in [0.25, 0.3) is 6.08 Å². The molecule has 0 aromatic heterocycles. The van der Waals surface area contributed by atoms with Gasteiger partial charge in [0.25, 0.3) is 11.1 Å². The molecule has 2 saturated heterocycles. The van der Waals surface area contributed by atoms with E-state index in [0.29, 0.717) is 60.1 Å². The quantitative estimate of drug-likeness (QED) is 0.463. The third kappa shape index (κ3) is 5.85. The number of methoxy groups -OCH3 is 1. The molecule has 0 aliphatic carbocycles. The molecule has 0 bridgehead atoms. The molecule has 0 atom stereocenters. The van der Waals surface area contributed by atoms with E-state index < -0.39 is 17.1 Å². The second kappa shape index (κ2) is 11.8. The minimum absolute atomic E-state index is 0.222. The fraction of sp³-hybridized carbons (Fsp3) is 0.320. The van der Waals surface area contributed by atoms with Crippen LogP contribution in [0.2, 0.25) is 0 Å². The molecule has 4 rings (SSSR count). The third-order valence-electron chi connectivity index (χ3n) is 5.54. The van der Waals surface area contributed by atoms with Crippen LogP contribution in [0.5, 0.6) is 11.5 Å². The Morgan fingerprint density at radius 2 is 1.97 bits per heavy atom. The van der Waals surface area contributed by atoms with Crippen molar-refractivity contribution in [3.05, 3.63) is 51.3 Å². The van der Waals surface area contributed by atoms with E-state index in [-0.39, 0.29) is 11.4 Å². The van der Waals surface area contributed by atoms with E-state index >= 15 is 0 Å². The molecular formula is C25H26BrN3O6S. The molecule has 36 heavy (non-hydrogen) atoms. The molecule has 2 aromatic carbocycles. The number of morpholine rings is 1. The molecule has 2 aromatic rings. The van der Waals surface area contributed by atoms with Crippen LogP contribution in [0.3, 0.4) is 0 Å². The van der Waals surface area contributed by atoms with E-state index in [1.807, 2.05) is 25.1 Å². The molecule has 2 heterocycles. The average Bonchev–Trinajstić information content (AvgIpc) is 3.13. The van der Waals surface area contributed by atoms with Crippen molar-refractivity contribution in [1.29, 1.82) is 0 Å². The number of hydrogen-bond donors (Lipinski definition) is 1. The lowest BCUT2D eigenvalue weighted by Crippen LogP contribution is -2.38. The van der Waals surface area contributed by atoms with Gasteiger partial charge >= 0.3 is 0 Å². The normalized spacial score (nSPS) is 17.0. The molecule has 1 N–H and O–H groups in total. The highest BCUT2D eigenvalue weighted by Crippen LogP contribution is 2.39. The first kappa shape index (κ1) is 26.1. The van der Waals surface area contributed by atoms with E-state index in [2.05, 4.69) is 26.1 Å². The first-order chi connectivity index (χ1) is 17.4. The zero-order valence-electron chi connectivity index (χ0n) is 19.9. The largest absolute Gasteiger partial charge is 0.493 e. The number of carbonyl (C=O) groups is 3. The molecule has 190 valence electrons. The van der Waals surface area contributed by atoms with Gasteiger partial charge in [0.2, 0.25) is 5.91 Å². The van der Waals surface area contributed by atoms with E-state index in [0.717, 1.165) is 22.3 Å². The van der Waals surface area contributed by atoms with E-state index in [9.17, 15) is 14.4 Å². The lowest BCUT2D eigenvalue weighted by molar-refractivity contribution is -0.127. The van der Waals surface area contributed by atoms with Gasteiger partial charge in [-0.2, -0.15) is 0 Å². The third-order valence-corrected chi connectivity index (χ3v) is 7.04. The number of nitrogens with one attached hydrogen (secondary N) is 1. The first-order valence-corrected chi connectivity index (χ1v) is 13.0. The Morgan fingerprint density at radius 1 is 1.22 bits per heavy atom. The minimum Gasteiger partial charge on any atom is -0.493 e. The van der Waals surface area contributed by atoms with Crippen LogP contribution >= 0.6 is 27.7 Å². The number of anilines is 2. The van der Waals surface area contributed by atoms with Gasteiger partial charge in [-0.15, -0.1) is 0 Å². The van der Waals surface area contributed by atoms with Gasteiger partial charge in [-0.25, -0.2) is 0 Å². The summed E-state index contributed by atoms with van der Waals surface area (Å²) in [6.45, 7) is 4.61. The number of nitrogens with zero attached hydrogens (tertiary/aromatic N) is 2. The topological polar surface area (TPSA) is 97.4 Å². The van der Waals surface area contributed by atoms with Gasteiger partial charge in [0.1, 0.15) is 6.54 Å². The zero-order valence-corrected chi connectivity index (χ0v) is 22.3. The second-order valence-corrected chi connectivity index (χ2v) is 9.75. The van der Waals surface area contributed by atoms with E-state index in [4.69, 9.17) is 14.2 Å². The Balaban J connectivity index is 1.47. The standard InChI is InChI=1S/C25H26BrN3O6S/c1-3-35-23-17(26)12-16(13-20(23)33-2)14-21-24(31)29(25(32)36-21)15-22(30)27-18-6-4-5-7-19(18)28-8-10-34-11-9-28/h4-7,12-14H,3,8-11,15H2,1-2H3,(H,27,30)/b21-14+. The summed E-state index contributed by atoms with van der Waals surface area (Å²) in [5, 5.41) is 2.35. The SMILES string of the molecule is CCOc1c(Br)cc(/C=C2/SC(=O)N(CC(=O)Nc3ccccc3N3CCOCC3)C2=O)cc1OC. The number of hydrogen-bond acceptors (Lipinski definition) is 8. The molecule has 0 saturated carbocycles. The number of ether oxygens (including phenoxy) is 3. The van der Waals surface area contributed by atoms with Gasteiger partial charge in [-0.05, 0) is 70.5 Å². The molecule has 2 fully saturated rings. The number of para-hydroxylation sites is 2. The van der Waals surface area contributed by atoms with Gasteiger partial charge < -0.3 is 24.4 Å². The van der Waals surface area contributed by atoms with Crippen LogP contribution in [-0.2, 0) is 14.3 Å². The van der Waals surface area contributed by atoms with Crippen molar-refractivity contribution >= 4 is 62.2 Å². The number of thioether (sulfide) groups is 1. The maximum Gasteiger partial charge on any atom is 0.294 e. The van der Waals surface area contributed by atoms with Gasteiger partial charge in [0.05, 0.1) is 47.7 Å². The first-order valence-electron chi connectivity index (χ1n) is 11.4. The number of carbonyl (C=O) groups excluding carboxylic acids is 3. The van der Waals surface area contributed by atoms with Crippen LogP contribution < -0.4 is 19.7 Å².